The molecule has 2 rings (SSSR count). The van der Waals surface area contributed by atoms with Crippen molar-refractivity contribution < 1.29 is 14.6 Å². The molecule has 0 aliphatic heterocycles. The molecular formula is C15H15Br2NO3. The fraction of sp³-hybridized carbons (Fsp3) is 0.200. The molecule has 0 aliphatic carbocycles. The van der Waals surface area contributed by atoms with Gasteiger partial charge >= 0.3 is 0 Å². The number of ether oxygens (including phenoxy) is 2. The number of aliphatic hydroxyl groups excluding tert-OH is 1. The average Bonchev–Trinajstić information content (AvgIpc) is 2.44. The number of aliphatic hydroxyl groups is 1. The second-order valence-electron chi connectivity index (χ2n) is 4.42. The molecule has 0 amide bonds. The first kappa shape index (κ1) is 16.1. The topological polar surface area (TPSA) is 64.7 Å². The van der Waals surface area contributed by atoms with E-state index in [0.29, 0.717) is 17.2 Å². The molecule has 0 saturated heterocycles. The van der Waals surface area contributed by atoms with Gasteiger partial charge in [-0.1, -0.05) is 22.0 Å². The van der Waals surface area contributed by atoms with Crippen LogP contribution in [-0.2, 0) is 0 Å². The third kappa shape index (κ3) is 5.22. The molecule has 0 radical (unpaired) electrons. The van der Waals surface area contributed by atoms with Gasteiger partial charge in [-0.05, 0) is 46.3 Å². The SMILES string of the molecule is Nc1cccc(OCC(O)COc2ccc(Br)cc2Br)c1. The largest absolute Gasteiger partial charge is 0.491 e. The first-order chi connectivity index (χ1) is 10.0. The number of hydrogen-bond donors (Lipinski definition) is 2. The van der Waals surface area contributed by atoms with Crippen molar-refractivity contribution in [2.24, 2.45) is 0 Å². The lowest BCUT2D eigenvalue weighted by Gasteiger charge is -2.14. The van der Waals surface area contributed by atoms with Gasteiger partial charge in [-0.3, -0.25) is 0 Å². The van der Waals surface area contributed by atoms with Gasteiger partial charge in [0.05, 0.1) is 4.47 Å². The maximum atomic E-state index is 9.88. The van der Waals surface area contributed by atoms with Crippen molar-refractivity contribution in [1.29, 1.82) is 0 Å². The molecule has 21 heavy (non-hydrogen) atoms. The molecular weight excluding hydrogens is 402 g/mol. The molecule has 0 bridgehead atoms. The van der Waals surface area contributed by atoms with E-state index in [1.807, 2.05) is 18.2 Å². The lowest BCUT2D eigenvalue weighted by atomic mass is 10.3. The highest BCUT2D eigenvalue weighted by Gasteiger charge is 2.09. The van der Waals surface area contributed by atoms with Crippen LogP contribution in [0.3, 0.4) is 0 Å². The van der Waals surface area contributed by atoms with Crippen LogP contribution < -0.4 is 15.2 Å². The fourth-order valence-electron chi connectivity index (χ4n) is 1.62. The van der Waals surface area contributed by atoms with E-state index in [4.69, 9.17) is 15.2 Å². The van der Waals surface area contributed by atoms with E-state index in [2.05, 4.69) is 31.9 Å². The molecule has 1 atom stereocenters. The van der Waals surface area contributed by atoms with Crippen LogP contribution in [0.2, 0.25) is 0 Å². The van der Waals surface area contributed by atoms with Gasteiger partial charge in [-0.2, -0.15) is 0 Å². The van der Waals surface area contributed by atoms with Crippen LogP contribution in [-0.4, -0.2) is 24.4 Å². The maximum Gasteiger partial charge on any atom is 0.133 e. The second kappa shape index (κ2) is 7.68. The lowest BCUT2D eigenvalue weighted by Crippen LogP contribution is -2.25. The lowest BCUT2D eigenvalue weighted by molar-refractivity contribution is 0.0624. The zero-order valence-electron chi connectivity index (χ0n) is 11.1. The summed E-state index contributed by atoms with van der Waals surface area (Å²) in [4.78, 5) is 0. The van der Waals surface area contributed by atoms with E-state index >= 15 is 0 Å². The molecule has 0 aliphatic rings. The van der Waals surface area contributed by atoms with E-state index in [-0.39, 0.29) is 13.2 Å². The van der Waals surface area contributed by atoms with E-state index in [1.54, 1.807) is 24.3 Å². The first-order valence-electron chi connectivity index (χ1n) is 6.29. The molecule has 0 fully saturated rings. The summed E-state index contributed by atoms with van der Waals surface area (Å²) in [6.07, 6.45) is -0.734. The van der Waals surface area contributed by atoms with E-state index in [1.165, 1.54) is 0 Å². The average molecular weight is 417 g/mol. The zero-order chi connectivity index (χ0) is 15.2. The summed E-state index contributed by atoms with van der Waals surface area (Å²) in [6.45, 7) is 0.278. The summed E-state index contributed by atoms with van der Waals surface area (Å²) >= 11 is 6.77. The molecule has 4 nitrogen and oxygen atoms in total. The highest BCUT2D eigenvalue weighted by molar-refractivity contribution is 9.11. The predicted molar refractivity (Wildman–Crippen MR) is 89.7 cm³/mol. The Balaban J connectivity index is 1.80. The summed E-state index contributed by atoms with van der Waals surface area (Å²) in [6, 6.07) is 12.6. The smallest absolute Gasteiger partial charge is 0.133 e. The number of rotatable bonds is 6. The molecule has 3 N–H and O–H groups in total. The van der Waals surface area contributed by atoms with Crippen LogP contribution >= 0.6 is 31.9 Å². The summed E-state index contributed by atoms with van der Waals surface area (Å²) < 4.78 is 12.8. The summed E-state index contributed by atoms with van der Waals surface area (Å²) in [5.74, 6) is 1.29. The van der Waals surface area contributed by atoms with Gasteiger partial charge in [0.2, 0.25) is 0 Å². The Kier molecular flexibility index (Phi) is 5.90. The van der Waals surface area contributed by atoms with Gasteiger partial charge in [0.15, 0.2) is 0 Å². The van der Waals surface area contributed by atoms with Gasteiger partial charge < -0.3 is 20.3 Å². The van der Waals surface area contributed by atoms with Gasteiger partial charge in [0.25, 0.3) is 0 Å². The Bertz CT molecular complexity index is 607. The van der Waals surface area contributed by atoms with Crippen molar-refractivity contribution in [3.8, 4) is 11.5 Å². The van der Waals surface area contributed by atoms with E-state index in [0.717, 1.165) is 8.95 Å². The molecule has 0 heterocycles. The van der Waals surface area contributed by atoms with Crippen molar-refractivity contribution in [3.63, 3.8) is 0 Å². The van der Waals surface area contributed by atoms with Gasteiger partial charge in [0.1, 0.15) is 30.8 Å². The maximum absolute atomic E-state index is 9.88. The molecule has 112 valence electrons. The van der Waals surface area contributed by atoms with Gasteiger partial charge in [-0.25, -0.2) is 0 Å². The number of nitrogens with two attached hydrogens (primary N) is 1. The molecule has 6 heteroatoms. The minimum Gasteiger partial charge on any atom is -0.491 e. The Labute approximate surface area is 140 Å². The minimum atomic E-state index is -0.734. The van der Waals surface area contributed by atoms with Crippen LogP contribution in [0.25, 0.3) is 0 Å². The van der Waals surface area contributed by atoms with Gasteiger partial charge in [0, 0.05) is 16.2 Å². The zero-order valence-corrected chi connectivity index (χ0v) is 14.3. The van der Waals surface area contributed by atoms with Crippen LogP contribution in [0.1, 0.15) is 0 Å². The standard InChI is InChI=1S/C15H15Br2NO3/c16-10-4-5-15(14(17)6-10)21-9-12(19)8-20-13-3-1-2-11(18)7-13/h1-7,12,19H,8-9,18H2. The van der Waals surface area contributed by atoms with Crippen molar-refractivity contribution in [1.82, 2.24) is 0 Å². The van der Waals surface area contributed by atoms with Crippen LogP contribution in [0.5, 0.6) is 11.5 Å². The normalized spacial score (nSPS) is 12.0. The number of benzene rings is 2. The van der Waals surface area contributed by atoms with Crippen LogP contribution in [0.15, 0.2) is 51.4 Å². The summed E-state index contributed by atoms with van der Waals surface area (Å²) in [5.41, 5.74) is 6.27. The van der Waals surface area contributed by atoms with E-state index in [9.17, 15) is 5.11 Å². The van der Waals surface area contributed by atoms with Gasteiger partial charge in [-0.15, -0.1) is 0 Å². The molecule has 2 aromatic carbocycles. The summed E-state index contributed by atoms with van der Waals surface area (Å²) in [7, 11) is 0. The predicted octanol–water partition coefficient (Wildman–Crippen LogP) is 3.61. The third-order valence-corrected chi connectivity index (χ3v) is 3.74. The second-order valence-corrected chi connectivity index (χ2v) is 6.19. The summed E-state index contributed by atoms with van der Waals surface area (Å²) in [5, 5.41) is 9.88. The molecule has 1 unspecified atom stereocenters. The van der Waals surface area contributed by atoms with Crippen LogP contribution in [0.4, 0.5) is 5.69 Å². The van der Waals surface area contributed by atoms with Crippen molar-refractivity contribution >= 4 is 37.5 Å². The number of anilines is 1. The molecule has 0 aromatic heterocycles. The number of nitrogen functional groups attached to an aromatic ring is 1. The molecule has 0 saturated carbocycles. The third-order valence-electron chi connectivity index (χ3n) is 2.63. The van der Waals surface area contributed by atoms with Crippen molar-refractivity contribution in [3.05, 3.63) is 51.4 Å². The molecule has 2 aromatic rings. The quantitative estimate of drug-likeness (QED) is 0.706. The first-order valence-corrected chi connectivity index (χ1v) is 7.87. The number of halogens is 2. The number of hydrogen-bond acceptors (Lipinski definition) is 4. The van der Waals surface area contributed by atoms with Crippen molar-refractivity contribution in [2.75, 3.05) is 18.9 Å². The van der Waals surface area contributed by atoms with E-state index < -0.39 is 6.10 Å². The fourth-order valence-corrected chi connectivity index (χ4v) is 2.78. The Morgan fingerprint density at radius 1 is 1.05 bits per heavy atom. The Hall–Kier alpha value is -1.24. The Morgan fingerprint density at radius 3 is 2.52 bits per heavy atom. The molecule has 0 spiro atoms. The highest BCUT2D eigenvalue weighted by atomic mass is 79.9. The van der Waals surface area contributed by atoms with Crippen LogP contribution in [0, 0.1) is 0 Å². The Morgan fingerprint density at radius 2 is 1.81 bits per heavy atom. The highest BCUT2D eigenvalue weighted by Crippen LogP contribution is 2.28. The monoisotopic (exact) mass is 415 g/mol. The minimum absolute atomic E-state index is 0.137. The van der Waals surface area contributed by atoms with Crippen molar-refractivity contribution in [2.45, 2.75) is 6.10 Å².